The van der Waals surface area contributed by atoms with Crippen LogP contribution in [-0.4, -0.2) is 19.2 Å². The van der Waals surface area contributed by atoms with Gasteiger partial charge in [-0.2, -0.15) is 4.57 Å². The molecule has 0 aliphatic heterocycles. The van der Waals surface area contributed by atoms with Gasteiger partial charge in [0.2, 0.25) is 5.69 Å². The zero-order valence-corrected chi connectivity index (χ0v) is 19.9. The topological polar surface area (TPSA) is 35.2 Å². The Morgan fingerprint density at radius 2 is 1.44 bits per heavy atom. The smallest absolute Gasteiger partial charge is 0.239 e. The SMILES string of the molecule is COc1ccc(-c2c[n+](C)c(-c3ccc(OC)cc3C)c(-c3cccc4ccccc34)n2)cc1. The highest BCUT2D eigenvalue weighted by molar-refractivity contribution is 5.98. The zero-order chi connectivity index (χ0) is 23.7. The Hall–Kier alpha value is -4.18. The first-order chi connectivity index (χ1) is 16.6. The second-order valence-corrected chi connectivity index (χ2v) is 8.37. The summed E-state index contributed by atoms with van der Waals surface area (Å²) in [5, 5.41) is 2.37. The van der Waals surface area contributed by atoms with Crippen LogP contribution in [0, 0.1) is 6.92 Å². The van der Waals surface area contributed by atoms with Gasteiger partial charge in [-0.1, -0.05) is 42.5 Å². The fourth-order valence-electron chi connectivity index (χ4n) is 4.48. The molecular formula is C30H27N2O2+. The highest BCUT2D eigenvalue weighted by Gasteiger charge is 2.24. The van der Waals surface area contributed by atoms with Crippen LogP contribution in [0.3, 0.4) is 0 Å². The molecule has 0 saturated carbocycles. The first-order valence-corrected chi connectivity index (χ1v) is 11.3. The van der Waals surface area contributed by atoms with E-state index in [1.807, 2.05) is 30.3 Å². The molecule has 0 bridgehead atoms. The Morgan fingerprint density at radius 1 is 0.735 bits per heavy atom. The quantitative estimate of drug-likeness (QED) is 0.293. The minimum Gasteiger partial charge on any atom is -0.497 e. The lowest BCUT2D eigenvalue weighted by Gasteiger charge is -2.14. The molecule has 1 heterocycles. The molecule has 0 unspecified atom stereocenters. The number of hydrogen-bond acceptors (Lipinski definition) is 3. The van der Waals surface area contributed by atoms with Gasteiger partial charge in [-0.3, -0.25) is 0 Å². The molecule has 168 valence electrons. The molecule has 4 aromatic carbocycles. The summed E-state index contributed by atoms with van der Waals surface area (Å²) in [6, 6.07) is 29.1. The molecule has 0 fully saturated rings. The van der Waals surface area contributed by atoms with E-state index in [9.17, 15) is 0 Å². The Bertz CT molecular complexity index is 1490. The van der Waals surface area contributed by atoms with Crippen LogP contribution in [0.25, 0.3) is 44.5 Å². The van der Waals surface area contributed by atoms with Crippen LogP contribution >= 0.6 is 0 Å². The van der Waals surface area contributed by atoms with Gasteiger partial charge < -0.3 is 9.47 Å². The van der Waals surface area contributed by atoms with Crippen molar-refractivity contribution in [2.45, 2.75) is 6.92 Å². The summed E-state index contributed by atoms with van der Waals surface area (Å²) in [4.78, 5) is 5.25. The monoisotopic (exact) mass is 447 g/mol. The maximum atomic E-state index is 5.45. The van der Waals surface area contributed by atoms with Gasteiger partial charge in [0.1, 0.15) is 29.9 Å². The second-order valence-electron chi connectivity index (χ2n) is 8.37. The molecule has 4 heteroatoms. The van der Waals surface area contributed by atoms with Crippen LogP contribution < -0.4 is 14.0 Å². The molecule has 0 aliphatic carbocycles. The average Bonchev–Trinajstić information content (AvgIpc) is 2.88. The fraction of sp³-hybridized carbons (Fsp3) is 0.133. The number of aromatic nitrogens is 2. The highest BCUT2D eigenvalue weighted by atomic mass is 16.5. The number of methoxy groups -OCH3 is 2. The molecule has 0 spiro atoms. The van der Waals surface area contributed by atoms with E-state index in [-0.39, 0.29) is 0 Å². The first-order valence-electron chi connectivity index (χ1n) is 11.3. The van der Waals surface area contributed by atoms with Gasteiger partial charge in [-0.25, -0.2) is 4.98 Å². The van der Waals surface area contributed by atoms with Crippen LogP contribution in [0.4, 0.5) is 0 Å². The molecule has 0 N–H and O–H groups in total. The lowest BCUT2D eigenvalue weighted by molar-refractivity contribution is -0.659. The summed E-state index contributed by atoms with van der Waals surface area (Å²) in [5.74, 6) is 1.67. The predicted molar refractivity (Wildman–Crippen MR) is 137 cm³/mol. The van der Waals surface area contributed by atoms with Crippen molar-refractivity contribution >= 4 is 10.8 Å². The van der Waals surface area contributed by atoms with Crippen molar-refractivity contribution in [3.8, 4) is 45.3 Å². The molecule has 4 nitrogen and oxygen atoms in total. The maximum absolute atomic E-state index is 5.45. The third kappa shape index (κ3) is 3.88. The van der Waals surface area contributed by atoms with Gasteiger partial charge in [-0.15, -0.1) is 0 Å². The van der Waals surface area contributed by atoms with Crippen molar-refractivity contribution in [2.75, 3.05) is 14.2 Å². The fourth-order valence-corrected chi connectivity index (χ4v) is 4.48. The number of hydrogen-bond donors (Lipinski definition) is 0. The van der Waals surface area contributed by atoms with Gasteiger partial charge in [0.25, 0.3) is 0 Å². The van der Waals surface area contributed by atoms with E-state index in [0.29, 0.717) is 0 Å². The van der Waals surface area contributed by atoms with Gasteiger partial charge in [-0.05, 0) is 65.7 Å². The van der Waals surface area contributed by atoms with E-state index in [1.165, 1.54) is 10.8 Å². The summed E-state index contributed by atoms with van der Waals surface area (Å²) in [6.45, 7) is 2.11. The molecule has 0 aliphatic rings. The van der Waals surface area contributed by atoms with E-state index in [2.05, 4.69) is 79.3 Å². The normalized spacial score (nSPS) is 10.9. The molecule has 0 saturated heterocycles. The summed E-state index contributed by atoms with van der Waals surface area (Å²) >= 11 is 0. The molecular weight excluding hydrogens is 420 g/mol. The Morgan fingerprint density at radius 3 is 2.18 bits per heavy atom. The van der Waals surface area contributed by atoms with Gasteiger partial charge in [0.05, 0.1) is 19.8 Å². The van der Waals surface area contributed by atoms with Crippen molar-refractivity contribution in [2.24, 2.45) is 7.05 Å². The van der Waals surface area contributed by atoms with E-state index in [1.54, 1.807) is 14.2 Å². The first kappa shape index (κ1) is 21.7. The van der Waals surface area contributed by atoms with E-state index >= 15 is 0 Å². The summed E-state index contributed by atoms with van der Waals surface area (Å²) in [5.41, 5.74) is 7.32. The molecule has 34 heavy (non-hydrogen) atoms. The van der Waals surface area contributed by atoms with Crippen molar-refractivity contribution in [3.63, 3.8) is 0 Å². The molecule has 0 amide bonds. The minimum atomic E-state index is 0.827. The Balaban J connectivity index is 1.81. The van der Waals surface area contributed by atoms with Crippen molar-refractivity contribution < 1.29 is 14.0 Å². The van der Waals surface area contributed by atoms with Crippen molar-refractivity contribution in [1.82, 2.24) is 4.98 Å². The van der Waals surface area contributed by atoms with Gasteiger partial charge >= 0.3 is 0 Å². The van der Waals surface area contributed by atoms with E-state index in [0.717, 1.165) is 50.8 Å². The minimum absolute atomic E-state index is 0.827. The number of fused-ring (bicyclic) bond motifs is 1. The lowest BCUT2D eigenvalue weighted by Crippen LogP contribution is -2.32. The summed E-state index contributed by atoms with van der Waals surface area (Å²) < 4.78 is 13.0. The maximum Gasteiger partial charge on any atom is 0.239 e. The van der Waals surface area contributed by atoms with Gasteiger partial charge in [0.15, 0.2) is 6.20 Å². The molecule has 1 aromatic heterocycles. The third-order valence-electron chi connectivity index (χ3n) is 6.24. The standard InChI is InChI=1S/C30H27N2O2/c1-20-18-24(34-4)16-17-25(20)30-29(27-11-7-9-21-8-5-6-10-26(21)27)31-28(19-32(30)2)22-12-14-23(33-3)15-13-22/h5-19H,1-4H3/q+1. The number of aryl methyl sites for hydroxylation is 2. The average molecular weight is 448 g/mol. The van der Waals surface area contributed by atoms with Crippen LogP contribution in [-0.2, 0) is 7.05 Å². The Kier molecular flexibility index (Phi) is 5.72. The van der Waals surface area contributed by atoms with Crippen LogP contribution in [0.1, 0.15) is 5.56 Å². The highest BCUT2D eigenvalue weighted by Crippen LogP contribution is 2.36. The van der Waals surface area contributed by atoms with Crippen molar-refractivity contribution in [1.29, 1.82) is 0 Å². The predicted octanol–water partition coefficient (Wildman–Crippen LogP) is 6.39. The number of nitrogens with zero attached hydrogens (tertiary/aromatic N) is 2. The summed E-state index contributed by atoms with van der Waals surface area (Å²) in [6.07, 6.45) is 2.09. The van der Waals surface area contributed by atoms with Crippen molar-refractivity contribution in [3.05, 3.63) is 96.7 Å². The molecule has 0 radical (unpaired) electrons. The number of ether oxygens (including phenoxy) is 2. The second kappa shape index (κ2) is 8.99. The lowest BCUT2D eigenvalue weighted by atomic mass is 9.95. The number of rotatable bonds is 5. The number of benzene rings is 4. The van der Waals surface area contributed by atoms with E-state index < -0.39 is 0 Å². The molecule has 5 rings (SSSR count). The Labute approximate surface area is 200 Å². The molecule has 5 aromatic rings. The van der Waals surface area contributed by atoms with Crippen LogP contribution in [0.2, 0.25) is 0 Å². The molecule has 0 atom stereocenters. The van der Waals surface area contributed by atoms with Crippen LogP contribution in [0.15, 0.2) is 91.1 Å². The van der Waals surface area contributed by atoms with E-state index in [4.69, 9.17) is 14.5 Å². The summed E-state index contributed by atoms with van der Waals surface area (Å²) in [7, 11) is 5.46. The van der Waals surface area contributed by atoms with Crippen LogP contribution in [0.5, 0.6) is 11.5 Å². The largest absolute Gasteiger partial charge is 0.497 e. The zero-order valence-electron chi connectivity index (χ0n) is 19.9. The third-order valence-corrected chi connectivity index (χ3v) is 6.24. The van der Waals surface area contributed by atoms with Gasteiger partial charge in [0, 0.05) is 11.1 Å².